The van der Waals surface area contributed by atoms with Crippen molar-refractivity contribution in [1.82, 2.24) is 4.98 Å². The standard InChI is InChI=1S/C14H11BrN2S2/c15-10-6-12(18-8-10)14-17-11(7-16)13(19-14)9-4-2-1-3-5-9/h1-6,8H,7,16H2. The average molecular weight is 351 g/mol. The molecule has 2 aromatic heterocycles. The monoisotopic (exact) mass is 350 g/mol. The molecule has 0 saturated carbocycles. The molecular weight excluding hydrogens is 340 g/mol. The van der Waals surface area contributed by atoms with Crippen molar-refractivity contribution in [3.8, 4) is 20.3 Å². The molecule has 0 saturated heterocycles. The zero-order chi connectivity index (χ0) is 13.2. The van der Waals surface area contributed by atoms with Gasteiger partial charge in [-0.05, 0) is 27.6 Å². The van der Waals surface area contributed by atoms with E-state index in [1.807, 2.05) is 18.2 Å². The highest BCUT2D eigenvalue weighted by molar-refractivity contribution is 9.10. The first-order valence-corrected chi connectivity index (χ1v) is 8.26. The topological polar surface area (TPSA) is 38.9 Å². The first-order valence-electron chi connectivity index (χ1n) is 5.77. The van der Waals surface area contributed by atoms with Crippen LogP contribution in [0.4, 0.5) is 0 Å². The van der Waals surface area contributed by atoms with Crippen molar-refractivity contribution in [2.45, 2.75) is 6.54 Å². The quantitative estimate of drug-likeness (QED) is 0.739. The number of aromatic nitrogens is 1. The molecule has 0 spiro atoms. The van der Waals surface area contributed by atoms with Crippen LogP contribution in [-0.4, -0.2) is 4.98 Å². The Morgan fingerprint density at radius 3 is 2.63 bits per heavy atom. The predicted molar refractivity (Wildman–Crippen MR) is 86.5 cm³/mol. The lowest BCUT2D eigenvalue weighted by molar-refractivity contribution is 1.02. The van der Waals surface area contributed by atoms with Gasteiger partial charge in [0.25, 0.3) is 0 Å². The van der Waals surface area contributed by atoms with Crippen molar-refractivity contribution in [2.24, 2.45) is 5.73 Å². The summed E-state index contributed by atoms with van der Waals surface area (Å²) in [5.41, 5.74) is 7.97. The summed E-state index contributed by atoms with van der Waals surface area (Å²) in [6, 6.07) is 12.4. The van der Waals surface area contributed by atoms with Crippen LogP contribution in [-0.2, 0) is 6.54 Å². The lowest BCUT2D eigenvalue weighted by atomic mass is 10.1. The summed E-state index contributed by atoms with van der Waals surface area (Å²) < 4.78 is 1.10. The average Bonchev–Trinajstić information content (AvgIpc) is 3.05. The largest absolute Gasteiger partial charge is 0.325 e. The Balaban J connectivity index is 2.09. The second kappa shape index (κ2) is 5.54. The smallest absolute Gasteiger partial charge is 0.134 e. The molecule has 0 atom stereocenters. The third-order valence-electron chi connectivity index (χ3n) is 2.70. The first-order chi connectivity index (χ1) is 9.28. The zero-order valence-electron chi connectivity index (χ0n) is 9.97. The Bertz CT molecular complexity index is 689. The summed E-state index contributed by atoms with van der Waals surface area (Å²) in [4.78, 5) is 7.02. The maximum absolute atomic E-state index is 5.82. The van der Waals surface area contributed by atoms with E-state index in [1.165, 1.54) is 15.3 Å². The van der Waals surface area contributed by atoms with Crippen molar-refractivity contribution < 1.29 is 0 Å². The lowest BCUT2D eigenvalue weighted by Gasteiger charge is -1.98. The number of nitrogens with zero attached hydrogens (tertiary/aromatic N) is 1. The van der Waals surface area contributed by atoms with Gasteiger partial charge in [0.15, 0.2) is 0 Å². The number of nitrogens with two attached hydrogens (primary N) is 1. The Labute approximate surface area is 128 Å². The molecular formula is C14H11BrN2S2. The fourth-order valence-electron chi connectivity index (χ4n) is 1.84. The van der Waals surface area contributed by atoms with Crippen LogP contribution in [0.15, 0.2) is 46.3 Å². The molecule has 5 heteroatoms. The van der Waals surface area contributed by atoms with Crippen molar-refractivity contribution in [1.29, 1.82) is 0 Å². The fourth-order valence-corrected chi connectivity index (χ4v) is 4.42. The predicted octanol–water partition coefficient (Wildman–Crippen LogP) is 4.76. The van der Waals surface area contributed by atoms with Crippen LogP contribution in [0.2, 0.25) is 0 Å². The van der Waals surface area contributed by atoms with Gasteiger partial charge in [-0.1, -0.05) is 30.3 Å². The molecule has 96 valence electrons. The number of hydrogen-bond donors (Lipinski definition) is 1. The fraction of sp³-hybridized carbons (Fsp3) is 0.0714. The molecule has 2 heterocycles. The van der Waals surface area contributed by atoms with Gasteiger partial charge in [0.05, 0.1) is 15.4 Å². The molecule has 2 nitrogen and oxygen atoms in total. The van der Waals surface area contributed by atoms with Crippen LogP contribution in [0.3, 0.4) is 0 Å². The van der Waals surface area contributed by atoms with Crippen LogP contribution >= 0.6 is 38.6 Å². The molecule has 0 fully saturated rings. The van der Waals surface area contributed by atoms with E-state index in [1.54, 1.807) is 22.7 Å². The van der Waals surface area contributed by atoms with E-state index < -0.39 is 0 Å². The van der Waals surface area contributed by atoms with Crippen LogP contribution < -0.4 is 5.73 Å². The van der Waals surface area contributed by atoms with Gasteiger partial charge in [-0.15, -0.1) is 22.7 Å². The maximum Gasteiger partial charge on any atom is 0.134 e. The van der Waals surface area contributed by atoms with Gasteiger partial charge in [0, 0.05) is 16.4 Å². The zero-order valence-corrected chi connectivity index (χ0v) is 13.2. The molecule has 3 rings (SSSR count). The van der Waals surface area contributed by atoms with E-state index in [0.717, 1.165) is 15.2 Å². The highest BCUT2D eigenvalue weighted by Crippen LogP contribution is 2.38. The van der Waals surface area contributed by atoms with Gasteiger partial charge in [-0.25, -0.2) is 4.98 Å². The SMILES string of the molecule is NCc1nc(-c2cc(Br)cs2)sc1-c1ccccc1. The molecule has 2 N–H and O–H groups in total. The molecule has 3 aromatic rings. The van der Waals surface area contributed by atoms with Gasteiger partial charge in [0.1, 0.15) is 5.01 Å². The molecule has 0 bridgehead atoms. The van der Waals surface area contributed by atoms with Crippen LogP contribution in [0.5, 0.6) is 0 Å². The number of hydrogen-bond acceptors (Lipinski definition) is 4. The summed E-state index contributed by atoms with van der Waals surface area (Å²) in [5.74, 6) is 0. The molecule has 0 aliphatic rings. The Morgan fingerprint density at radius 2 is 2.00 bits per heavy atom. The number of rotatable bonds is 3. The third kappa shape index (κ3) is 2.65. The lowest BCUT2D eigenvalue weighted by Crippen LogP contribution is -1.98. The summed E-state index contributed by atoms with van der Waals surface area (Å²) in [6.07, 6.45) is 0. The summed E-state index contributed by atoms with van der Waals surface area (Å²) in [6.45, 7) is 0.466. The number of benzene rings is 1. The van der Waals surface area contributed by atoms with Crippen LogP contribution in [0.1, 0.15) is 5.69 Å². The highest BCUT2D eigenvalue weighted by atomic mass is 79.9. The van der Waals surface area contributed by atoms with Crippen molar-refractivity contribution >= 4 is 38.6 Å². The maximum atomic E-state index is 5.82. The van der Waals surface area contributed by atoms with Gasteiger partial charge in [-0.3, -0.25) is 0 Å². The van der Waals surface area contributed by atoms with Crippen molar-refractivity contribution in [2.75, 3.05) is 0 Å². The van der Waals surface area contributed by atoms with Gasteiger partial charge in [-0.2, -0.15) is 0 Å². The Kier molecular flexibility index (Phi) is 3.79. The van der Waals surface area contributed by atoms with Crippen LogP contribution in [0.25, 0.3) is 20.3 Å². The summed E-state index contributed by atoms with van der Waals surface area (Å²) in [7, 11) is 0. The van der Waals surface area contributed by atoms with Crippen LogP contribution in [0, 0.1) is 0 Å². The Hall–Kier alpha value is -1.01. The molecule has 0 aliphatic heterocycles. The molecule has 0 radical (unpaired) electrons. The second-order valence-electron chi connectivity index (χ2n) is 3.99. The minimum atomic E-state index is 0.466. The number of thiophene rings is 1. The Morgan fingerprint density at radius 1 is 1.21 bits per heavy atom. The van der Waals surface area contributed by atoms with E-state index in [0.29, 0.717) is 6.54 Å². The van der Waals surface area contributed by atoms with Gasteiger partial charge < -0.3 is 5.73 Å². The van der Waals surface area contributed by atoms with E-state index in [4.69, 9.17) is 5.73 Å². The molecule has 0 aliphatic carbocycles. The highest BCUT2D eigenvalue weighted by Gasteiger charge is 2.14. The van der Waals surface area contributed by atoms with E-state index >= 15 is 0 Å². The second-order valence-corrected chi connectivity index (χ2v) is 6.82. The van der Waals surface area contributed by atoms with Gasteiger partial charge in [0.2, 0.25) is 0 Å². The minimum absolute atomic E-state index is 0.466. The van der Waals surface area contributed by atoms with E-state index in [9.17, 15) is 0 Å². The van der Waals surface area contributed by atoms with Crippen molar-refractivity contribution in [3.63, 3.8) is 0 Å². The summed E-state index contributed by atoms with van der Waals surface area (Å²) >= 11 is 6.87. The third-order valence-corrected chi connectivity index (χ3v) is 5.71. The molecule has 0 unspecified atom stereocenters. The minimum Gasteiger partial charge on any atom is -0.325 e. The van der Waals surface area contributed by atoms with E-state index in [-0.39, 0.29) is 0 Å². The molecule has 19 heavy (non-hydrogen) atoms. The van der Waals surface area contributed by atoms with Crippen molar-refractivity contribution in [3.05, 3.63) is 51.9 Å². The number of thiazole rings is 1. The normalized spacial score (nSPS) is 10.8. The van der Waals surface area contributed by atoms with Gasteiger partial charge >= 0.3 is 0 Å². The first kappa shape index (κ1) is 13.0. The molecule has 0 amide bonds. The van der Waals surface area contributed by atoms with E-state index in [2.05, 4.69) is 44.5 Å². The summed E-state index contributed by atoms with van der Waals surface area (Å²) in [5, 5.41) is 3.11. The molecule has 1 aromatic carbocycles. The number of halogens is 1.